The highest BCUT2D eigenvalue weighted by Crippen LogP contribution is 2.33. The first-order chi connectivity index (χ1) is 21.4. The highest BCUT2D eigenvalue weighted by atomic mass is 28.4. The highest BCUT2D eigenvalue weighted by molar-refractivity contribution is 6.69. The van der Waals surface area contributed by atoms with Gasteiger partial charge < -0.3 is 28.1 Å². The van der Waals surface area contributed by atoms with Crippen LogP contribution in [0, 0.1) is 0 Å². The fraction of sp³-hybridized carbons (Fsp3) is 0.351. The average molecular weight is 613 g/mol. The standard InChI is InChI=1S/C37H44O6Si/c1-44(2,3)43-37-36(41-27-32-22-14-7-15-23-32)35(40-26-31-20-12-6-13-21-31)34(39-25-30-18-10-5-11-19-30)33(42-37)28-38-24-29-16-8-4-9-17-29/h4-23,33-37H,24-28H2,1-3H3. The summed E-state index contributed by atoms with van der Waals surface area (Å²) in [5.74, 6) is 0. The molecule has 0 saturated carbocycles. The van der Waals surface area contributed by atoms with Crippen molar-refractivity contribution in [2.24, 2.45) is 0 Å². The van der Waals surface area contributed by atoms with E-state index < -0.39 is 39.0 Å². The van der Waals surface area contributed by atoms with Crippen LogP contribution in [0.15, 0.2) is 121 Å². The summed E-state index contributed by atoms with van der Waals surface area (Å²) in [4.78, 5) is 0. The van der Waals surface area contributed by atoms with E-state index in [0.29, 0.717) is 33.0 Å². The van der Waals surface area contributed by atoms with E-state index in [1.807, 2.05) is 72.8 Å². The van der Waals surface area contributed by atoms with Crippen LogP contribution in [0.25, 0.3) is 0 Å². The van der Waals surface area contributed by atoms with Gasteiger partial charge in [-0.3, -0.25) is 0 Å². The molecule has 1 fully saturated rings. The van der Waals surface area contributed by atoms with Crippen molar-refractivity contribution in [1.82, 2.24) is 0 Å². The topological polar surface area (TPSA) is 55.4 Å². The Morgan fingerprint density at radius 3 is 1.32 bits per heavy atom. The summed E-state index contributed by atoms with van der Waals surface area (Å²) in [5, 5.41) is 0. The maximum absolute atomic E-state index is 6.76. The van der Waals surface area contributed by atoms with Crippen LogP contribution in [0.5, 0.6) is 0 Å². The maximum atomic E-state index is 6.76. The quantitative estimate of drug-likeness (QED) is 0.129. The fourth-order valence-electron chi connectivity index (χ4n) is 5.19. The van der Waals surface area contributed by atoms with Crippen LogP contribution in [-0.2, 0) is 54.5 Å². The van der Waals surface area contributed by atoms with Crippen LogP contribution in [0.1, 0.15) is 22.3 Å². The van der Waals surface area contributed by atoms with Gasteiger partial charge in [-0.25, -0.2) is 0 Å². The monoisotopic (exact) mass is 612 g/mol. The van der Waals surface area contributed by atoms with Gasteiger partial charge in [-0.2, -0.15) is 0 Å². The molecule has 1 aliphatic rings. The third-order valence-electron chi connectivity index (χ3n) is 7.31. The molecule has 1 aliphatic heterocycles. The van der Waals surface area contributed by atoms with E-state index in [0.717, 1.165) is 22.3 Å². The van der Waals surface area contributed by atoms with Gasteiger partial charge in [0.25, 0.3) is 0 Å². The lowest BCUT2D eigenvalue weighted by molar-refractivity contribution is -0.312. The molecule has 5 atom stereocenters. The zero-order chi connectivity index (χ0) is 30.6. The van der Waals surface area contributed by atoms with E-state index in [-0.39, 0.29) is 0 Å². The molecule has 0 amide bonds. The molecule has 0 spiro atoms. The molecule has 0 N–H and O–H groups in total. The third kappa shape index (κ3) is 9.94. The zero-order valence-corrected chi connectivity index (χ0v) is 26.9. The zero-order valence-electron chi connectivity index (χ0n) is 25.9. The first-order valence-electron chi connectivity index (χ1n) is 15.4. The predicted molar refractivity (Wildman–Crippen MR) is 174 cm³/mol. The van der Waals surface area contributed by atoms with Gasteiger partial charge in [-0.1, -0.05) is 121 Å². The van der Waals surface area contributed by atoms with Crippen LogP contribution in [-0.4, -0.2) is 45.6 Å². The molecule has 4 aromatic carbocycles. The van der Waals surface area contributed by atoms with E-state index in [4.69, 9.17) is 28.1 Å². The van der Waals surface area contributed by atoms with Crippen molar-refractivity contribution in [3.63, 3.8) is 0 Å². The Morgan fingerprint density at radius 1 is 0.500 bits per heavy atom. The molecule has 0 aliphatic carbocycles. The molecule has 0 radical (unpaired) electrons. The second kappa shape index (κ2) is 16.2. The Bertz CT molecular complexity index is 1350. The van der Waals surface area contributed by atoms with Crippen LogP contribution >= 0.6 is 0 Å². The molecule has 5 rings (SSSR count). The van der Waals surface area contributed by atoms with E-state index in [1.54, 1.807) is 0 Å². The molecule has 1 heterocycles. The molecule has 44 heavy (non-hydrogen) atoms. The van der Waals surface area contributed by atoms with Crippen molar-refractivity contribution >= 4 is 8.32 Å². The molecule has 1 saturated heterocycles. The second-order valence-corrected chi connectivity index (χ2v) is 16.5. The minimum absolute atomic E-state index is 0.316. The van der Waals surface area contributed by atoms with Gasteiger partial charge in [0, 0.05) is 0 Å². The summed E-state index contributed by atoms with van der Waals surface area (Å²) in [6, 6.07) is 40.6. The lowest BCUT2D eigenvalue weighted by Crippen LogP contribution is -2.63. The fourth-order valence-corrected chi connectivity index (χ4v) is 6.08. The summed E-state index contributed by atoms with van der Waals surface area (Å²) >= 11 is 0. The van der Waals surface area contributed by atoms with Gasteiger partial charge in [0.15, 0.2) is 14.6 Å². The first-order valence-corrected chi connectivity index (χ1v) is 18.8. The lowest BCUT2D eigenvalue weighted by atomic mass is 9.98. The minimum atomic E-state index is -2.06. The van der Waals surface area contributed by atoms with E-state index in [9.17, 15) is 0 Å². The van der Waals surface area contributed by atoms with Crippen LogP contribution in [0.2, 0.25) is 19.6 Å². The van der Waals surface area contributed by atoms with Crippen molar-refractivity contribution in [3.05, 3.63) is 144 Å². The Kier molecular flexibility index (Phi) is 11.9. The molecular formula is C37H44O6Si. The molecular weight excluding hydrogens is 568 g/mol. The number of ether oxygens (including phenoxy) is 5. The molecule has 6 nitrogen and oxygen atoms in total. The number of benzene rings is 4. The van der Waals surface area contributed by atoms with Gasteiger partial charge in [-0.15, -0.1) is 0 Å². The Hall–Kier alpha value is -3.14. The van der Waals surface area contributed by atoms with Gasteiger partial charge in [0.2, 0.25) is 0 Å². The number of hydrogen-bond acceptors (Lipinski definition) is 6. The van der Waals surface area contributed by atoms with Crippen molar-refractivity contribution < 1.29 is 28.1 Å². The highest BCUT2D eigenvalue weighted by Gasteiger charge is 2.50. The van der Waals surface area contributed by atoms with E-state index in [1.165, 1.54) is 0 Å². The van der Waals surface area contributed by atoms with Gasteiger partial charge in [0.1, 0.15) is 24.4 Å². The Balaban J connectivity index is 1.44. The minimum Gasteiger partial charge on any atom is -0.391 e. The number of hydrogen-bond donors (Lipinski definition) is 0. The van der Waals surface area contributed by atoms with Crippen molar-refractivity contribution in [3.8, 4) is 0 Å². The normalized spacial score (nSPS) is 22.1. The summed E-state index contributed by atoms with van der Waals surface area (Å²) in [6.07, 6.45) is -2.58. The van der Waals surface area contributed by atoms with Crippen LogP contribution in [0.3, 0.4) is 0 Å². The van der Waals surface area contributed by atoms with Crippen molar-refractivity contribution in [2.75, 3.05) is 6.61 Å². The van der Waals surface area contributed by atoms with Gasteiger partial charge >= 0.3 is 0 Å². The summed E-state index contributed by atoms with van der Waals surface area (Å²) in [7, 11) is -2.06. The van der Waals surface area contributed by atoms with E-state index >= 15 is 0 Å². The summed E-state index contributed by atoms with van der Waals surface area (Å²) in [5.41, 5.74) is 4.31. The molecule has 0 bridgehead atoms. The van der Waals surface area contributed by atoms with Crippen molar-refractivity contribution in [1.29, 1.82) is 0 Å². The largest absolute Gasteiger partial charge is 0.391 e. The predicted octanol–water partition coefficient (Wildman–Crippen LogP) is 7.54. The third-order valence-corrected chi connectivity index (χ3v) is 8.25. The SMILES string of the molecule is C[Si](C)(C)OC1OC(COCc2ccccc2)C(OCc2ccccc2)C(OCc2ccccc2)C1OCc1ccccc1. The average Bonchev–Trinajstić information content (AvgIpc) is 3.04. The van der Waals surface area contributed by atoms with Gasteiger partial charge in [-0.05, 0) is 41.9 Å². The van der Waals surface area contributed by atoms with Crippen LogP contribution < -0.4 is 0 Å². The molecule has 7 heteroatoms. The van der Waals surface area contributed by atoms with E-state index in [2.05, 4.69) is 68.2 Å². The Morgan fingerprint density at radius 2 is 0.886 bits per heavy atom. The Labute approximate surface area is 263 Å². The first kappa shape index (κ1) is 32.3. The molecule has 232 valence electrons. The number of rotatable bonds is 15. The second-order valence-electron chi connectivity index (χ2n) is 12.1. The summed E-state index contributed by atoms with van der Waals surface area (Å²) < 4.78 is 39.8. The molecule has 4 aromatic rings. The smallest absolute Gasteiger partial charge is 0.187 e. The summed E-state index contributed by atoms with van der Waals surface area (Å²) in [6.45, 7) is 8.45. The van der Waals surface area contributed by atoms with Crippen molar-refractivity contribution in [2.45, 2.75) is 76.8 Å². The maximum Gasteiger partial charge on any atom is 0.187 e. The molecule has 5 unspecified atom stereocenters. The lowest BCUT2D eigenvalue weighted by Gasteiger charge is -2.47. The molecule has 0 aromatic heterocycles. The van der Waals surface area contributed by atoms with Gasteiger partial charge in [0.05, 0.1) is 33.0 Å². The van der Waals surface area contributed by atoms with Crippen LogP contribution in [0.4, 0.5) is 0 Å².